The van der Waals surface area contributed by atoms with Gasteiger partial charge in [-0.2, -0.15) is 0 Å². The molecule has 106 valence electrons. The molecule has 3 N–H and O–H groups in total. The van der Waals surface area contributed by atoms with Crippen molar-refractivity contribution in [2.24, 2.45) is 5.73 Å². The Hall–Kier alpha value is -1.07. The van der Waals surface area contributed by atoms with Crippen molar-refractivity contribution in [2.75, 3.05) is 13.7 Å². The van der Waals surface area contributed by atoms with Crippen LogP contribution in [0.4, 0.5) is 0 Å². The number of halogens is 1. The van der Waals surface area contributed by atoms with E-state index in [1.54, 1.807) is 25.3 Å². The molecule has 0 bridgehead atoms. The fraction of sp³-hybridized carbons (Fsp3) is 0.500. The summed E-state index contributed by atoms with van der Waals surface area (Å²) in [6, 6.07) is 5.32. The van der Waals surface area contributed by atoms with Crippen molar-refractivity contribution in [3.05, 3.63) is 28.2 Å². The lowest BCUT2D eigenvalue weighted by molar-refractivity contribution is 0.0894. The van der Waals surface area contributed by atoms with Crippen LogP contribution in [0, 0.1) is 0 Å². The fourth-order valence-electron chi connectivity index (χ4n) is 1.88. The van der Waals surface area contributed by atoms with Crippen LogP contribution in [-0.2, 0) is 0 Å². The maximum absolute atomic E-state index is 12.4. The van der Waals surface area contributed by atoms with Crippen molar-refractivity contribution in [3.63, 3.8) is 0 Å². The van der Waals surface area contributed by atoms with E-state index < -0.39 is 0 Å². The van der Waals surface area contributed by atoms with E-state index in [4.69, 9.17) is 10.5 Å². The zero-order valence-corrected chi connectivity index (χ0v) is 13.2. The molecule has 0 radical (unpaired) electrons. The van der Waals surface area contributed by atoms with Gasteiger partial charge in [0.2, 0.25) is 0 Å². The molecule has 5 heteroatoms. The maximum atomic E-state index is 12.4. The molecule has 0 aliphatic heterocycles. The lowest BCUT2D eigenvalue weighted by atomic mass is 9.92. The lowest BCUT2D eigenvalue weighted by Crippen LogP contribution is -2.52. The third kappa shape index (κ3) is 3.70. The fourth-order valence-corrected chi connectivity index (χ4v) is 2.31. The number of methoxy groups -OCH3 is 1. The first-order valence-electron chi connectivity index (χ1n) is 6.38. The summed E-state index contributed by atoms with van der Waals surface area (Å²) in [7, 11) is 1.58. The largest absolute Gasteiger partial charge is 0.497 e. The van der Waals surface area contributed by atoms with Gasteiger partial charge >= 0.3 is 0 Å². The van der Waals surface area contributed by atoms with Gasteiger partial charge in [0, 0.05) is 11.0 Å². The van der Waals surface area contributed by atoms with E-state index in [0.29, 0.717) is 17.9 Å². The standard InChI is InChI=1S/C14H21BrN2O2/c1-4-14(5-2,9-16)17-13(18)11-8-10(19-3)6-7-12(11)15/h6-8H,4-5,9,16H2,1-3H3,(H,17,18). The molecule has 0 atom stereocenters. The first-order chi connectivity index (χ1) is 9.01. The summed E-state index contributed by atoms with van der Waals surface area (Å²) in [4.78, 5) is 12.4. The number of carbonyl (C=O) groups excluding carboxylic acids is 1. The highest BCUT2D eigenvalue weighted by Gasteiger charge is 2.27. The van der Waals surface area contributed by atoms with Crippen LogP contribution in [-0.4, -0.2) is 25.1 Å². The normalized spacial score (nSPS) is 11.2. The molecule has 1 aromatic rings. The molecule has 0 aliphatic carbocycles. The molecule has 1 rings (SSSR count). The molecule has 0 aliphatic rings. The molecule has 0 fully saturated rings. The average molecular weight is 329 g/mol. The van der Waals surface area contributed by atoms with Crippen molar-refractivity contribution < 1.29 is 9.53 Å². The van der Waals surface area contributed by atoms with Crippen molar-refractivity contribution in [1.82, 2.24) is 5.32 Å². The van der Waals surface area contributed by atoms with Crippen molar-refractivity contribution in [3.8, 4) is 5.75 Å². The number of benzene rings is 1. The highest BCUT2D eigenvalue weighted by molar-refractivity contribution is 9.10. The van der Waals surface area contributed by atoms with Crippen LogP contribution in [0.1, 0.15) is 37.0 Å². The molecule has 0 aromatic heterocycles. The van der Waals surface area contributed by atoms with Crippen LogP contribution in [0.25, 0.3) is 0 Å². The second-order valence-electron chi connectivity index (χ2n) is 4.49. The van der Waals surface area contributed by atoms with Crippen LogP contribution in [0.2, 0.25) is 0 Å². The van der Waals surface area contributed by atoms with E-state index in [1.807, 2.05) is 13.8 Å². The summed E-state index contributed by atoms with van der Waals surface area (Å²) in [5.74, 6) is 0.514. The first kappa shape index (κ1) is 16.0. The van der Waals surface area contributed by atoms with Gasteiger partial charge in [-0.25, -0.2) is 0 Å². The number of amides is 1. The molecule has 0 saturated heterocycles. The van der Waals surface area contributed by atoms with E-state index >= 15 is 0 Å². The van der Waals surface area contributed by atoms with Crippen LogP contribution in [0.3, 0.4) is 0 Å². The molecular formula is C14H21BrN2O2. The monoisotopic (exact) mass is 328 g/mol. The topological polar surface area (TPSA) is 64.3 Å². The molecule has 1 amide bonds. The van der Waals surface area contributed by atoms with Crippen LogP contribution in [0.5, 0.6) is 5.75 Å². The van der Waals surface area contributed by atoms with E-state index in [1.165, 1.54) is 0 Å². The first-order valence-corrected chi connectivity index (χ1v) is 7.17. The van der Waals surface area contributed by atoms with E-state index in [-0.39, 0.29) is 11.4 Å². The molecule has 0 spiro atoms. The van der Waals surface area contributed by atoms with Gasteiger partial charge in [-0.05, 0) is 47.0 Å². The Kier molecular flexibility index (Phi) is 5.82. The Morgan fingerprint density at radius 2 is 2.05 bits per heavy atom. The predicted molar refractivity (Wildman–Crippen MR) is 80.5 cm³/mol. The van der Waals surface area contributed by atoms with E-state index in [2.05, 4.69) is 21.2 Å². The summed E-state index contributed by atoms with van der Waals surface area (Å²) in [6.45, 7) is 4.47. The summed E-state index contributed by atoms with van der Waals surface area (Å²) < 4.78 is 5.88. The molecule has 4 nitrogen and oxygen atoms in total. The predicted octanol–water partition coefficient (Wildman–Crippen LogP) is 2.71. The van der Waals surface area contributed by atoms with Crippen molar-refractivity contribution >= 4 is 21.8 Å². The minimum Gasteiger partial charge on any atom is -0.497 e. The molecule has 0 saturated carbocycles. The van der Waals surface area contributed by atoms with Crippen LogP contribution >= 0.6 is 15.9 Å². The minimum absolute atomic E-state index is 0.139. The molecule has 0 heterocycles. The minimum atomic E-state index is -0.348. The second kappa shape index (κ2) is 6.91. The molecular weight excluding hydrogens is 308 g/mol. The van der Waals surface area contributed by atoms with Crippen molar-refractivity contribution in [1.29, 1.82) is 0 Å². The van der Waals surface area contributed by atoms with Crippen molar-refractivity contribution in [2.45, 2.75) is 32.2 Å². The highest BCUT2D eigenvalue weighted by atomic mass is 79.9. The van der Waals surface area contributed by atoms with E-state index in [0.717, 1.165) is 17.3 Å². The Labute approximate surface area is 122 Å². The summed E-state index contributed by atoms with van der Waals surface area (Å²) in [6.07, 6.45) is 1.60. The lowest BCUT2D eigenvalue weighted by Gasteiger charge is -2.31. The van der Waals surface area contributed by atoms with Gasteiger partial charge < -0.3 is 15.8 Å². The summed E-state index contributed by atoms with van der Waals surface area (Å²) >= 11 is 3.39. The van der Waals surface area contributed by atoms with Gasteiger partial charge in [0.25, 0.3) is 5.91 Å². The number of hydrogen-bond donors (Lipinski definition) is 2. The van der Waals surface area contributed by atoms with Gasteiger partial charge in [-0.1, -0.05) is 13.8 Å². The number of rotatable bonds is 6. The van der Waals surface area contributed by atoms with Gasteiger partial charge in [-0.15, -0.1) is 0 Å². The smallest absolute Gasteiger partial charge is 0.253 e. The Morgan fingerprint density at radius 1 is 1.42 bits per heavy atom. The van der Waals surface area contributed by atoms with Gasteiger partial charge in [0.15, 0.2) is 0 Å². The second-order valence-corrected chi connectivity index (χ2v) is 5.35. The highest BCUT2D eigenvalue weighted by Crippen LogP contribution is 2.24. The summed E-state index contributed by atoms with van der Waals surface area (Å²) in [5.41, 5.74) is 6.01. The molecule has 19 heavy (non-hydrogen) atoms. The third-order valence-electron chi connectivity index (χ3n) is 3.54. The average Bonchev–Trinajstić information content (AvgIpc) is 2.45. The Balaban J connectivity index is 3.00. The van der Waals surface area contributed by atoms with Crippen LogP contribution < -0.4 is 15.8 Å². The Bertz CT molecular complexity index is 437. The number of ether oxygens (including phenoxy) is 1. The van der Waals surface area contributed by atoms with Gasteiger partial charge in [-0.3, -0.25) is 4.79 Å². The summed E-state index contributed by atoms with van der Waals surface area (Å²) in [5, 5.41) is 3.04. The molecule has 1 aromatic carbocycles. The number of nitrogens with one attached hydrogen (secondary N) is 1. The number of carbonyl (C=O) groups is 1. The molecule has 0 unspecified atom stereocenters. The SMILES string of the molecule is CCC(CC)(CN)NC(=O)c1cc(OC)ccc1Br. The van der Waals surface area contributed by atoms with Crippen LogP contribution in [0.15, 0.2) is 22.7 Å². The zero-order valence-electron chi connectivity index (χ0n) is 11.6. The Morgan fingerprint density at radius 3 is 2.53 bits per heavy atom. The quantitative estimate of drug-likeness (QED) is 0.843. The number of nitrogens with two attached hydrogens (primary N) is 1. The van der Waals surface area contributed by atoms with E-state index in [9.17, 15) is 4.79 Å². The third-order valence-corrected chi connectivity index (χ3v) is 4.23. The zero-order chi connectivity index (χ0) is 14.5. The maximum Gasteiger partial charge on any atom is 0.253 e. The number of hydrogen-bond acceptors (Lipinski definition) is 3. The van der Waals surface area contributed by atoms with Gasteiger partial charge in [0.1, 0.15) is 5.75 Å². The van der Waals surface area contributed by atoms with Gasteiger partial charge in [0.05, 0.1) is 18.2 Å².